The van der Waals surface area contributed by atoms with Crippen LogP contribution in [0.1, 0.15) is 37.6 Å². The molecule has 2 aromatic carbocycles. The predicted molar refractivity (Wildman–Crippen MR) is 122 cm³/mol. The van der Waals surface area contributed by atoms with Gasteiger partial charge in [-0.15, -0.1) is 0 Å². The highest BCUT2D eigenvalue weighted by Gasteiger charge is 2.22. The molecule has 2 aromatic rings. The summed E-state index contributed by atoms with van der Waals surface area (Å²) < 4.78 is 22.6. The van der Waals surface area contributed by atoms with E-state index in [2.05, 4.69) is 10.2 Å². The zero-order valence-electron chi connectivity index (χ0n) is 18.8. The van der Waals surface area contributed by atoms with E-state index in [0.717, 1.165) is 30.9 Å². The Labute approximate surface area is 184 Å². The SMILES string of the molecule is CCOc1cc(C(=O)Nc2ccc(N3CCC(OC)C3)cc2)cc(OCC)c1OCC. The van der Waals surface area contributed by atoms with Crippen molar-refractivity contribution in [3.63, 3.8) is 0 Å². The smallest absolute Gasteiger partial charge is 0.255 e. The Morgan fingerprint density at radius 1 is 1.00 bits per heavy atom. The number of carbonyl (C=O) groups excluding carboxylic acids is 1. The van der Waals surface area contributed by atoms with Gasteiger partial charge < -0.3 is 29.2 Å². The van der Waals surface area contributed by atoms with Gasteiger partial charge in [0.15, 0.2) is 11.5 Å². The molecule has 1 amide bonds. The Bertz CT molecular complexity index is 842. The molecule has 31 heavy (non-hydrogen) atoms. The summed E-state index contributed by atoms with van der Waals surface area (Å²) in [5, 5.41) is 2.95. The third-order valence-electron chi connectivity index (χ3n) is 5.14. The monoisotopic (exact) mass is 428 g/mol. The maximum absolute atomic E-state index is 12.9. The van der Waals surface area contributed by atoms with Crippen LogP contribution in [0.4, 0.5) is 11.4 Å². The van der Waals surface area contributed by atoms with Crippen LogP contribution in [0.15, 0.2) is 36.4 Å². The van der Waals surface area contributed by atoms with Gasteiger partial charge in [-0.2, -0.15) is 0 Å². The quantitative estimate of drug-likeness (QED) is 0.606. The minimum atomic E-state index is -0.238. The third-order valence-corrected chi connectivity index (χ3v) is 5.14. The number of hydrogen-bond donors (Lipinski definition) is 1. The van der Waals surface area contributed by atoms with Gasteiger partial charge in [0.25, 0.3) is 5.91 Å². The van der Waals surface area contributed by atoms with Crippen molar-refractivity contribution in [1.82, 2.24) is 0 Å². The minimum absolute atomic E-state index is 0.238. The first-order valence-electron chi connectivity index (χ1n) is 10.8. The van der Waals surface area contributed by atoms with Gasteiger partial charge in [0.2, 0.25) is 5.75 Å². The Hall–Kier alpha value is -2.93. The summed E-state index contributed by atoms with van der Waals surface area (Å²) in [7, 11) is 1.75. The van der Waals surface area contributed by atoms with Crippen molar-refractivity contribution in [2.24, 2.45) is 0 Å². The van der Waals surface area contributed by atoms with Gasteiger partial charge in [-0.3, -0.25) is 4.79 Å². The van der Waals surface area contributed by atoms with Crippen molar-refractivity contribution < 1.29 is 23.7 Å². The van der Waals surface area contributed by atoms with E-state index in [-0.39, 0.29) is 12.0 Å². The molecule has 7 nitrogen and oxygen atoms in total. The first-order valence-corrected chi connectivity index (χ1v) is 10.8. The van der Waals surface area contributed by atoms with Crippen LogP contribution in [0.3, 0.4) is 0 Å². The molecule has 1 aliphatic rings. The predicted octanol–water partition coefficient (Wildman–Crippen LogP) is 4.36. The Morgan fingerprint density at radius 2 is 1.61 bits per heavy atom. The van der Waals surface area contributed by atoms with Gasteiger partial charge in [0.05, 0.1) is 25.9 Å². The summed E-state index contributed by atoms with van der Waals surface area (Å²) in [5.41, 5.74) is 2.29. The highest BCUT2D eigenvalue weighted by atomic mass is 16.5. The van der Waals surface area contributed by atoms with Crippen LogP contribution in [0.25, 0.3) is 0 Å². The van der Waals surface area contributed by atoms with Crippen molar-refractivity contribution in [1.29, 1.82) is 0 Å². The summed E-state index contributed by atoms with van der Waals surface area (Å²) in [6.07, 6.45) is 1.30. The number of methoxy groups -OCH3 is 1. The summed E-state index contributed by atoms with van der Waals surface area (Å²) in [6, 6.07) is 11.2. The van der Waals surface area contributed by atoms with E-state index < -0.39 is 0 Å². The molecular formula is C24H32N2O5. The molecule has 0 saturated carbocycles. The summed E-state index contributed by atoms with van der Waals surface area (Å²) >= 11 is 0. The van der Waals surface area contributed by atoms with Crippen LogP contribution in [0.5, 0.6) is 17.2 Å². The maximum Gasteiger partial charge on any atom is 0.255 e. The first-order chi connectivity index (χ1) is 15.1. The summed E-state index contributed by atoms with van der Waals surface area (Å²) in [5.74, 6) is 1.28. The number of carbonyl (C=O) groups is 1. The highest BCUT2D eigenvalue weighted by Crippen LogP contribution is 2.39. The second-order valence-corrected chi connectivity index (χ2v) is 7.19. The van der Waals surface area contributed by atoms with E-state index in [4.69, 9.17) is 18.9 Å². The fourth-order valence-corrected chi connectivity index (χ4v) is 3.63. The van der Waals surface area contributed by atoms with E-state index in [1.807, 2.05) is 45.0 Å². The molecule has 1 heterocycles. The summed E-state index contributed by atoms with van der Waals surface area (Å²) in [6.45, 7) is 8.91. The van der Waals surface area contributed by atoms with Crippen LogP contribution in [0, 0.1) is 0 Å². The number of hydrogen-bond acceptors (Lipinski definition) is 6. The zero-order valence-corrected chi connectivity index (χ0v) is 18.8. The molecular weight excluding hydrogens is 396 g/mol. The Kier molecular flexibility index (Phi) is 8.00. The van der Waals surface area contributed by atoms with Crippen molar-refractivity contribution >= 4 is 17.3 Å². The third kappa shape index (κ3) is 5.61. The highest BCUT2D eigenvalue weighted by molar-refractivity contribution is 6.05. The molecule has 1 fully saturated rings. The normalized spacial score (nSPS) is 15.6. The molecule has 1 N–H and O–H groups in total. The average Bonchev–Trinajstić information content (AvgIpc) is 3.26. The molecule has 0 bridgehead atoms. The second kappa shape index (κ2) is 10.9. The molecule has 3 rings (SSSR count). The van der Waals surface area contributed by atoms with E-state index in [0.29, 0.717) is 42.6 Å². The number of rotatable bonds is 10. The van der Waals surface area contributed by atoms with E-state index in [1.54, 1.807) is 19.2 Å². The average molecular weight is 429 g/mol. The van der Waals surface area contributed by atoms with Gasteiger partial charge in [0.1, 0.15) is 0 Å². The topological polar surface area (TPSA) is 69.3 Å². The van der Waals surface area contributed by atoms with Gasteiger partial charge in [-0.1, -0.05) is 0 Å². The zero-order chi connectivity index (χ0) is 22.2. The van der Waals surface area contributed by atoms with E-state index in [1.165, 1.54) is 0 Å². The van der Waals surface area contributed by atoms with Crippen LogP contribution in [-0.4, -0.2) is 52.0 Å². The second-order valence-electron chi connectivity index (χ2n) is 7.19. The van der Waals surface area contributed by atoms with Crippen molar-refractivity contribution in [2.45, 2.75) is 33.3 Å². The number of benzene rings is 2. The number of amides is 1. The molecule has 0 aliphatic carbocycles. The van der Waals surface area contributed by atoms with Crippen molar-refractivity contribution in [2.75, 3.05) is 50.2 Å². The first kappa shape index (κ1) is 22.7. The molecule has 0 spiro atoms. The van der Waals surface area contributed by atoms with Crippen LogP contribution in [-0.2, 0) is 4.74 Å². The number of nitrogens with zero attached hydrogens (tertiary/aromatic N) is 1. The maximum atomic E-state index is 12.9. The van der Waals surface area contributed by atoms with E-state index in [9.17, 15) is 4.79 Å². The molecule has 1 aliphatic heterocycles. The van der Waals surface area contributed by atoms with Crippen molar-refractivity contribution in [3.8, 4) is 17.2 Å². The number of ether oxygens (including phenoxy) is 4. The lowest BCUT2D eigenvalue weighted by Crippen LogP contribution is -2.22. The van der Waals surface area contributed by atoms with Crippen LogP contribution < -0.4 is 24.4 Å². The van der Waals surface area contributed by atoms with E-state index >= 15 is 0 Å². The molecule has 0 radical (unpaired) electrons. The molecule has 1 saturated heterocycles. The largest absolute Gasteiger partial charge is 0.490 e. The fraction of sp³-hybridized carbons (Fsp3) is 0.458. The lowest BCUT2D eigenvalue weighted by Gasteiger charge is -2.19. The van der Waals surface area contributed by atoms with Gasteiger partial charge in [0, 0.05) is 37.1 Å². The number of anilines is 2. The summed E-state index contributed by atoms with van der Waals surface area (Å²) in [4.78, 5) is 15.2. The standard InChI is InChI=1S/C24H32N2O5/c1-5-29-21-14-17(15-22(30-6-2)23(21)31-7-3)24(27)25-18-8-10-19(11-9-18)26-13-12-20(16-26)28-4/h8-11,14-15,20H,5-7,12-13,16H2,1-4H3,(H,25,27). The Balaban J connectivity index is 1.76. The number of nitrogens with one attached hydrogen (secondary N) is 1. The molecule has 1 unspecified atom stereocenters. The minimum Gasteiger partial charge on any atom is -0.490 e. The van der Waals surface area contributed by atoms with Gasteiger partial charge >= 0.3 is 0 Å². The lowest BCUT2D eigenvalue weighted by atomic mass is 10.1. The van der Waals surface area contributed by atoms with Crippen molar-refractivity contribution in [3.05, 3.63) is 42.0 Å². The molecule has 1 atom stereocenters. The fourth-order valence-electron chi connectivity index (χ4n) is 3.63. The van der Waals surface area contributed by atoms with Gasteiger partial charge in [-0.25, -0.2) is 0 Å². The van der Waals surface area contributed by atoms with Crippen LogP contribution >= 0.6 is 0 Å². The van der Waals surface area contributed by atoms with Gasteiger partial charge in [-0.05, 0) is 63.6 Å². The lowest BCUT2D eigenvalue weighted by molar-refractivity contribution is 0.102. The Morgan fingerprint density at radius 3 is 2.13 bits per heavy atom. The van der Waals surface area contributed by atoms with Crippen LogP contribution in [0.2, 0.25) is 0 Å². The molecule has 0 aromatic heterocycles. The molecule has 168 valence electrons. The molecule has 7 heteroatoms.